The van der Waals surface area contributed by atoms with Crippen molar-refractivity contribution in [2.75, 3.05) is 13.7 Å². The van der Waals surface area contributed by atoms with Crippen molar-refractivity contribution in [1.82, 2.24) is 9.72 Å². The largest absolute Gasteiger partial charge is 0.383 e. The van der Waals surface area contributed by atoms with E-state index >= 15 is 0 Å². The van der Waals surface area contributed by atoms with Crippen molar-refractivity contribution in [2.45, 2.75) is 6.54 Å². The van der Waals surface area contributed by atoms with E-state index in [0.29, 0.717) is 22.7 Å². The molecule has 1 aromatic carbocycles. The molecule has 0 saturated heterocycles. The van der Waals surface area contributed by atoms with Gasteiger partial charge < -0.3 is 13.8 Å². The lowest BCUT2D eigenvalue weighted by molar-refractivity contribution is 0.0962. The molecule has 0 unspecified atom stereocenters. The molecule has 0 spiro atoms. The van der Waals surface area contributed by atoms with Gasteiger partial charge in [0.2, 0.25) is 5.76 Å². The molecule has 3 aromatic rings. The Balaban J connectivity index is 2.12. The summed E-state index contributed by atoms with van der Waals surface area (Å²) in [6, 6.07) is 5.90. The van der Waals surface area contributed by atoms with Crippen molar-refractivity contribution in [2.24, 2.45) is 4.99 Å². The molecule has 1 amide bonds. The highest BCUT2D eigenvalue weighted by molar-refractivity contribution is 7.16. The van der Waals surface area contributed by atoms with Crippen LogP contribution in [0.15, 0.2) is 40.0 Å². The van der Waals surface area contributed by atoms with Crippen LogP contribution in [0.1, 0.15) is 10.6 Å². The number of carbonyl (C=O) groups excluding carboxylic acids is 1. The number of nitrogens with zero attached hydrogens (tertiary/aromatic N) is 3. The first-order chi connectivity index (χ1) is 10.7. The van der Waals surface area contributed by atoms with Gasteiger partial charge in [0.25, 0.3) is 0 Å². The first-order valence-electron chi connectivity index (χ1n) is 6.46. The van der Waals surface area contributed by atoms with Gasteiger partial charge in [0, 0.05) is 19.7 Å². The molecule has 3 rings (SSSR count). The first kappa shape index (κ1) is 14.6. The topological polar surface area (TPSA) is 69.6 Å². The summed E-state index contributed by atoms with van der Waals surface area (Å²) >= 11 is 1.23. The molecule has 0 aliphatic rings. The number of halogens is 1. The zero-order chi connectivity index (χ0) is 15.5. The summed E-state index contributed by atoms with van der Waals surface area (Å²) < 4.78 is 25.8. The van der Waals surface area contributed by atoms with Crippen LogP contribution >= 0.6 is 11.3 Å². The third-order valence-electron chi connectivity index (χ3n) is 3.01. The van der Waals surface area contributed by atoms with Crippen LogP contribution in [0.2, 0.25) is 0 Å². The highest BCUT2D eigenvalue weighted by atomic mass is 32.1. The average molecular weight is 321 g/mol. The number of methoxy groups -OCH3 is 1. The van der Waals surface area contributed by atoms with Gasteiger partial charge in [-0.2, -0.15) is 4.99 Å². The number of fused-ring (bicyclic) bond motifs is 1. The van der Waals surface area contributed by atoms with Crippen LogP contribution in [0.3, 0.4) is 0 Å². The first-order valence-corrected chi connectivity index (χ1v) is 7.28. The lowest BCUT2D eigenvalue weighted by Gasteiger charge is -2.03. The summed E-state index contributed by atoms with van der Waals surface area (Å²) in [5, 5.41) is 3.48. The minimum Gasteiger partial charge on any atom is -0.383 e. The van der Waals surface area contributed by atoms with E-state index in [-0.39, 0.29) is 11.6 Å². The summed E-state index contributed by atoms with van der Waals surface area (Å²) in [5.74, 6) is -0.807. The predicted molar refractivity (Wildman–Crippen MR) is 78.0 cm³/mol. The van der Waals surface area contributed by atoms with Crippen molar-refractivity contribution in [3.8, 4) is 0 Å². The van der Waals surface area contributed by atoms with E-state index in [2.05, 4.69) is 10.1 Å². The summed E-state index contributed by atoms with van der Waals surface area (Å²) in [7, 11) is 1.59. The Morgan fingerprint density at radius 1 is 1.50 bits per heavy atom. The lowest BCUT2D eigenvalue weighted by Crippen LogP contribution is -2.19. The molecule has 8 heteroatoms. The van der Waals surface area contributed by atoms with Crippen LogP contribution in [-0.4, -0.2) is 29.3 Å². The number of carbonyl (C=O) groups is 1. The zero-order valence-corrected chi connectivity index (χ0v) is 12.5. The Morgan fingerprint density at radius 3 is 3.09 bits per heavy atom. The van der Waals surface area contributed by atoms with Gasteiger partial charge in [-0.15, -0.1) is 0 Å². The normalized spacial score (nSPS) is 12.2. The Kier molecular flexibility index (Phi) is 4.12. The molecule has 0 saturated carbocycles. The van der Waals surface area contributed by atoms with Gasteiger partial charge in [-0.25, -0.2) is 4.39 Å². The van der Waals surface area contributed by atoms with Gasteiger partial charge in [0.05, 0.1) is 23.0 Å². The Hall–Kier alpha value is -2.32. The third kappa shape index (κ3) is 2.83. The van der Waals surface area contributed by atoms with E-state index in [1.165, 1.54) is 35.7 Å². The van der Waals surface area contributed by atoms with Gasteiger partial charge >= 0.3 is 5.91 Å². The Morgan fingerprint density at radius 2 is 2.36 bits per heavy atom. The molecule has 0 N–H and O–H groups in total. The summed E-state index contributed by atoms with van der Waals surface area (Å²) in [6.45, 7) is 0.956. The summed E-state index contributed by atoms with van der Waals surface area (Å²) in [5.41, 5.74) is 0.799. The van der Waals surface area contributed by atoms with Crippen molar-refractivity contribution in [1.29, 1.82) is 0 Å². The highest BCUT2D eigenvalue weighted by Crippen LogP contribution is 2.18. The van der Waals surface area contributed by atoms with Crippen molar-refractivity contribution < 1.29 is 18.4 Å². The molecular formula is C14H12FN3O3S. The molecule has 0 atom stereocenters. The SMILES string of the molecule is COCCn1c(=NC(=O)c2ccno2)sc2cc(F)ccc21. The Labute approximate surface area is 128 Å². The second kappa shape index (κ2) is 6.20. The van der Waals surface area contributed by atoms with Crippen molar-refractivity contribution >= 4 is 27.5 Å². The van der Waals surface area contributed by atoms with Gasteiger partial charge in [0.15, 0.2) is 4.80 Å². The number of aromatic nitrogens is 2. The van der Waals surface area contributed by atoms with E-state index in [1.807, 2.05) is 4.57 Å². The van der Waals surface area contributed by atoms with Gasteiger partial charge in [-0.1, -0.05) is 16.5 Å². The van der Waals surface area contributed by atoms with E-state index in [4.69, 9.17) is 9.26 Å². The van der Waals surface area contributed by atoms with E-state index < -0.39 is 5.91 Å². The molecule has 6 nitrogen and oxygen atoms in total. The second-order valence-corrected chi connectivity index (χ2v) is 5.44. The number of amides is 1. The molecule has 2 aromatic heterocycles. The number of benzene rings is 1. The molecule has 22 heavy (non-hydrogen) atoms. The summed E-state index contributed by atoms with van der Waals surface area (Å²) in [6.07, 6.45) is 1.38. The highest BCUT2D eigenvalue weighted by Gasteiger charge is 2.12. The fourth-order valence-electron chi connectivity index (χ4n) is 2.00. The van der Waals surface area contributed by atoms with Crippen LogP contribution in [-0.2, 0) is 11.3 Å². The average Bonchev–Trinajstić information content (AvgIpc) is 3.12. The van der Waals surface area contributed by atoms with E-state index in [0.717, 1.165) is 5.52 Å². The van der Waals surface area contributed by atoms with E-state index in [1.54, 1.807) is 13.2 Å². The Bertz CT molecular complexity index is 867. The summed E-state index contributed by atoms with van der Waals surface area (Å²) in [4.78, 5) is 16.5. The maximum atomic E-state index is 13.4. The minimum absolute atomic E-state index is 0.0573. The van der Waals surface area contributed by atoms with Crippen LogP contribution < -0.4 is 4.80 Å². The predicted octanol–water partition coefficient (Wildman–Crippen LogP) is 2.22. The van der Waals surface area contributed by atoms with Gasteiger partial charge in [-0.3, -0.25) is 4.79 Å². The molecule has 0 radical (unpaired) electrons. The van der Waals surface area contributed by atoms with Gasteiger partial charge in [0.1, 0.15) is 5.82 Å². The van der Waals surface area contributed by atoms with Crippen LogP contribution in [0.5, 0.6) is 0 Å². The van der Waals surface area contributed by atoms with Crippen molar-refractivity contribution in [3.63, 3.8) is 0 Å². The lowest BCUT2D eigenvalue weighted by atomic mass is 10.3. The number of hydrogen-bond donors (Lipinski definition) is 0. The quantitative estimate of drug-likeness (QED) is 0.739. The monoisotopic (exact) mass is 321 g/mol. The van der Waals surface area contributed by atoms with Crippen LogP contribution in [0, 0.1) is 5.82 Å². The molecule has 0 aliphatic carbocycles. The fraction of sp³-hybridized carbons (Fsp3) is 0.214. The molecule has 2 heterocycles. The standard InChI is InChI=1S/C14H12FN3O3S/c1-20-7-6-18-10-3-2-9(15)8-12(10)22-14(18)17-13(19)11-4-5-16-21-11/h2-5,8H,6-7H2,1H3. The molecule has 0 fully saturated rings. The van der Waals surface area contributed by atoms with Gasteiger partial charge in [-0.05, 0) is 18.2 Å². The van der Waals surface area contributed by atoms with E-state index in [9.17, 15) is 9.18 Å². The maximum absolute atomic E-state index is 13.4. The number of thiazole rings is 1. The zero-order valence-electron chi connectivity index (χ0n) is 11.7. The van der Waals surface area contributed by atoms with Crippen LogP contribution in [0.4, 0.5) is 4.39 Å². The smallest absolute Gasteiger partial charge is 0.318 e. The minimum atomic E-state index is -0.532. The molecular weight excluding hydrogens is 309 g/mol. The number of hydrogen-bond acceptors (Lipinski definition) is 5. The number of ether oxygens (including phenoxy) is 1. The fourth-order valence-corrected chi connectivity index (χ4v) is 3.08. The molecule has 114 valence electrons. The van der Waals surface area contributed by atoms with Crippen molar-refractivity contribution in [3.05, 3.63) is 46.8 Å². The molecule has 0 bridgehead atoms. The third-order valence-corrected chi connectivity index (χ3v) is 4.05. The maximum Gasteiger partial charge on any atom is 0.318 e. The second-order valence-electron chi connectivity index (χ2n) is 4.43. The molecule has 0 aliphatic heterocycles. The van der Waals surface area contributed by atoms with Crippen LogP contribution in [0.25, 0.3) is 10.2 Å². The number of rotatable bonds is 4.